The zero-order valence-electron chi connectivity index (χ0n) is 18.7. The molecule has 186 valence electrons. The van der Waals surface area contributed by atoms with Crippen LogP contribution in [0.1, 0.15) is 21.5 Å². The van der Waals surface area contributed by atoms with Gasteiger partial charge in [-0.25, -0.2) is 4.79 Å². The van der Waals surface area contributed by atoms with Crippen molar-refractivity contribution in [1.82, 2.24) is 4.98 Å². The number of hydrogen-bond acceptors (Lipinski definition) is 5. The quantitative estimate of drug-likeness (QED) is 0.327. The van der Waals surface area contributed by atoms with Crippen molar-refractivity contribution in [3.05, 3.63) is 95.7 Å². The van der Waals surface area contributed by atoms with Gasteiger partial charge in [-0.05, 0) is 42.0 Å². The van der Waals surface area contributed by atoms with E-state index in [2.05, 4.69) is 4.98 Å². The number of alkyl halides is 3. The van der Waals surface area contributed by atoms with E-state index in [0.29, 0.717) is 11.3 Å². The maximum Gasteiger partial charge on any atom is 0.416 e. The molecule has 11 heteroatoms. The van der Waals surface area contributed by atoms with Crippen LogP contribution in [-0.4, -0.2) is 27.4 Å². The Labute approximate surface area is 206 Å². The maximum atomic E-state index is 13.5. The van der Waals surface area contributed by atoms with E-state index >= 15 is 0 Å². The van der Waals surface area contributed by atoms with Crippen molar-refractivity contribution >= 4 is 33.8 Å². The Morgan fingerprint density at radius 1 is 1.03 bits per heavy atom. The van der Waals surface area contributed by atoms with Crippen molar-refractivity contribution in [3.63, 3.8) is 0 Å². The molecule has 0 aliphatic carbocycles. The summed E-state index contributed by atoms with van der Waals surface area (Å²) in [6.45, 7) is -0.0655. The van der Waals surface area contributed by atoms with Crippen molar-refractivity contribution in [2.75, 3.05) is 11.4 Å². The lowest BCUT2D eigenvalue weighted by molar-refractivity contribution is -0.137. The summed E-state index contributed by atoms with van der Waals surface area (Å²) in [6.07, 6.45) is -3.67. The molecule has 1 heterocycles. The molecular weight excluding hydrogens is 497 g/mol. The van der Waals surface area contributed by atoms with Gasteiger partial charge in [-0.3, -0.25) is 9.29 Å². The van der Waals surface area contributed by atoms with Crippen LogP contribution in [0.5, 0.6) is 11.5 Å². The van der Waals surface area contributed by atoms with Crippen molar-refractivity contribution in [3.8, 4) is 11.5 Å². The summed E-state index contributed by atoms with van der Waals surface area (Å²) in [5, 5.41) is 9.93. The normalized spacial score (nSPS) is 12.2. The first-order valence-corrected chi connectivity index (χ1v) is 11.5. The summed E-state index contributed by atoms with van der Waals surface area (Å²) >= 11 is -2.29. The van der Waals surface area contributed by atoms with Gasteiger partial charge in [0.05, 0.1) is 30.4 Å². The van der Waals surface area contributed by atoms with Crippen molar-refractivity contribution in [2.45, 2.75) is 12.7 Å². The highest BCUT2D eigenvalue weighted by Gasteiger charge is 2.32. The van der Waals surface area contributed by atoms with Crippen LogP contribution in [0.2, 0.25) is 0 Å². The topological polar surface area (TPSA) is 89.0 Å². The standard InChI is InChI=1S/C25H19F3N2O5S/c1-34-18-8-10-19(11-9-18)35-36(33)30(15-16-5-3-2-4-6-16)23-20-12-7-17(25(26,27)28)13-22(20)29-14-21(23)24(31)32/h2-14H,15H2,1H3,(H,31,32). The van der Waals surface area contributed by atoms with E-state index in [4.69, 9.17) is 8.92 Å². The Hall–Kier alpha value is -4.12. The number of carboxylic acid groups (broad SMARTS) is 1. The molecular formula is C25H19F3N2O5S. The lowest BCUT2D eigenvalue weighted by atomic mass is 10.1. The number of aromatic nitrogens is 1. The number of carbonyl (C=O) groups is 1. The lowest BCUT2D eigenvalue weighted by Gasteiger charge is -2.25. The molecule has 1 atom stereocenters. The van der Waals surface area contributed by atoms with Gasteiger partial charge < -0.3 is 14.0 Å². The Balaban J connectivity index is 1.86. The summed E-state index contributed by atoms with van der Waals surface area (Å²) in [7, 11) is 1.49. The summed E-state index contributed by atoms with van der Waals surface area (Å²) in [5.74, 6) is -0.636. The first kappa shape index (κ1) is 25.0. The number of benzene rings is 3. The monoisotopic (exact) mass is 516 g/mol. The van der Waals surface area contributed by atoms with Crippen LogP contribution < -0.4 is 13.2 Å². The van der Waals surface area contributed by atoms with Gasteiger partial charge in [0.25, 0.3) is 0 Å². The highest BCUT2D eigenvalue weighted by Crippen LogP contribution is 2.36. The van der Waals surface area contributed by atoms with Crippen LogP contribution >= 0.6 is 0 Å². The SMILES string of the molecule is COc1ccc(OS(=O)N(Cc2ccccc2)c2c(C(=O)O)cnc3cc(C(F)(F)F)ccc23)cc1. The highest BCUT2D eigenvalue weighted by molar-refractivity contribution is 7.82. The number of pyridine rings is 1. The van der Waals surface area contributed by atoms with Crippen LogP contribution in [0.25, 0.3) is 10.9 Å². The minimum absolute atomic E-state index is 0.0655. The van der Waals surface area contributed by atoms with Crippen LogP contribution in [-0.2, 0) is 24.0 Å². The third-order valence-corrected chi connectivity index (χ3v) is 6.23. The van der Waals surface area contributed by atoms with Crippen LogP contribution in [0.4, 0.5) is 18.9 Å². The zero-order valence-corrected chi connectivity index (χ0v) is 19.5. The Bertz CT molecular complexity index is 1410. The molecule has 1 N–H and O–H groups in total. The van der Waals surface area contributed by atoms with Gasteiger partial charge in [0.2, 0.25) is 0 Å². The van der Waals surface area contributed by atoms with Crippen LogP contribution in [0.15, 0.2) is 79.0 Å². The molecule has 3 aromatic carbocycles. The molecule has 0 saturated heterocycles. The number of fused-ring (bicyclic) bond motifs is 1. The van der Waals surface area contributed by atoms with Crippen molar-refractivity contribution < 1.29 is 36.2 Å². The molecule has 0 fully saturated rings. The first-order valence-electron chi connectivity index (χ1n) is 10.5. The number of aromatic carboxylic acids is 1. The predicted octanol–water partition coefficient (Wildman–Crippen LogP) is 5.62. The number of hydrogen-bond donors (Lipinski definition) is 1. The average molecular weight is 516 g/mol. The van der Waals surface area contributed by atoms with E-state index < -0.39 is 29.0 Å². The van der Waals surface area contributed by atoms with E-state index in [-0.39, 0.29) is 34.4 Å². The Kier molecular flexibility index (Phi) is 7.11. The number of methoxy groups -OCH3 is 1. The molecule has 0 aliphatic rings. The van der Waals surface area contributed by atoms with Crippen molar-refractivity contribution in [1.29, 1.82) is 0 Å². The van der Waals surface area contributed by atoms with Gasteiger partial charge in [-0.15, -0.1) is 0 Å². The first-order chi connectivity index (χ1) is 17.2. The number of halogens is 3. The fourth-order valence-corrected chi connectivity index (χ4v) is 4.46. The third kappa shape index (κ3) is 5.41. The largest absolute Gasteiger partial charge is 0.497 e. The smallest absolute Gasteiger partial charge is 0.416 e. The maximum absolute atomic E-state index is 13.5. The minimum Gasteiger partial charge on any atom is -0.497 e. The summed E-state index contributed by atoms with van der Waals surface area (Å²) in [6, 6.07) is 17.8. The van der Waals surface area contributed by atoms with Gasteiger partial charge in [-0.2, -0.15) is 17.4 Å². The molecule has 1 unspecified atom stereocenters. The van der Waals surface area contributed by atoms with Gasteiger partial charge in [0.15, 0.2) is 0 Å². The second-order valence-corrected chi connectivity index (χ2v) is 8.60. The van der Waals surface area contributed by atoms with Gasteiger partial charge >= 0.3 is 23.4 Å². The molecule has 7 nitrogen and oxygen atoms in total. The third-order valence-electron chi connectivity index (χ3n) is 5.22. The molecule has 4 aromatic rings. The number of rotatable bonds is 8. The molecule has 0 amide bonds. The van der Waals surface area contributed by atoms with Gasteiger partial charge in [0.1, 0.15) is 17.1 Å². The summed E-state index contributed by atoms with van der Waals surface area (Å²) in [4.78, 5) is 16.0. The van der Waals surface area contributed by atoms with Crippen LogP contribution in [0, 0.1) is 0 Å². The molecule has 1 aromatic heterocycles. The second kappa shape index (κ2) is 10.2. The summed E-state index contributed by atoms with van der Waals surface area (Å²) < 4.78 is 65.3. The minimum atomic E-state index is -4.62. The Morgan fingerprint density at radius 3 is 2.31 bits per heavy atom. The molecule has 36 heavy (non-hydrogen) atoms. The lowest BCUT2D eigenvalue weighted by Crippen LogP contribution is -2.30. The van der Waals surface area contributed by atoms with Crippen LogP contribution in [0.3, 0.4) is 0 Å². The predicted molar refractivity (Wildman–Crippen MR) is 128 cm³/mol. The molecule has 0 bridgehead atoms. The van der Waals surface area contributed by atoms with E-state index in [1.165, 1.54) is 23.5 Å². The van der Waals surface area contributed by atoms with E-state index in [9.17, 15) is 27.3 Å². The van der Waals surface area contributed by atoms with Gasteiger partial charge in [0, 0.05) is 11.6 Å². The average Bonchev–Trinajstić information content (AvgIpc) is 2.86. The highest BCUT2D eigenvalue weighted by atomic mass is 32.2. The fraction of sp³-hybridized carbons (Fsp3) is 0.120. The molecule has 0 saturated carbocycles. The molecule has 4 rings (SSSR count). The van der Waals surface area contributed by atoms with E-state index in [0.717, 1.165) is 24.4 Å². The second-order valence-electron chi connectivity index (χ2n) is 7.55. The van der Waals surface area contributed by atoms with E-state index in [1.807, 2.05) is 0 Å². The fourth-order valence-electron chi connectivity index (χ4n) is 3.49. The van der Waals surface area contributed by atoms with E-state index in [1.54, 1.807) is 42.5 Å². The number of anilines is 1. The molecule has 0 spiro atoms. The summed E-state index contributed by atoms with van der Waals surface area (Å²) in [5.41, 5.74) is -0.815. The zero-order chi connectivity index (χ0) is 25.9. The van der Waals surface area contributed by atoms with Crippen molar-refractivity contribution in [2.24, 2.45) is 0 Å². The van der Waals surface area contributed by atoms with Gasteiger partial charge in [-0.1, -0.05) is 36.4 Å². The number of carboxylic acids is 1. The number of ether oxygens (including phenoxy) is 1. The Morgan fingerprint density at radius 2 is 1.69 bits per heavy atom. The molecule has 0 radical (unpaired) electrons. The number of nitrogens with zero attached hydrogens (tertiary/aromatic N) is 2. The molecule has 0 aliphatic heterocycles.